The quantitative estimate of drug-likeness (QED) is 0.775. The summed E-state index contributed by atoms with van der Waals surface area (Å²) in [5, 5.41) is 13.2. The summed E-state index contributed by atoms with van der Waals surface area (Å²) in [7, 11) is 0. The van der Waals surface area contributed by atoms with Crippen molar-refractivity contribution in [2.75, 3.05) is 13.2 Å². The van der Waals surface area contributed by atoms with Gasteiger partial charge in [0.2, 0.25) is 0 Å². The molecule has 0 amide bonds. The molecule has 1 aliphatic rings. The molecule has 1 saturated heterocycles. The smallest absolute Gasteiger partial charge is 0.109 e. The number of aliphatic hydroxyl groups excluding tert-OH is 1. The largest absolute Gasteiger partial charge is 0.390 e. The topological polar surface area (TPSA) is 60.2 Å². The zero-order chi connectivity index (χ0) is 10.3. The van der Waals surface area contributed by atoms with Crippen molar-refractivity contribution in [1.82, 2.24) is 14.8 Å². The third-order valence-electron chi connectivity index (χ3n) is 2.64. The van der Waals surface area contributed by atoms with E-state index in [2.05, 4.69) is 10.1 Å². The summed E-state index contributed by atoms with van der Waals surface area (Å²) in [6.45, 7) is 1.41. The van der Waals surface area contributed by atoms with Gasteiger partial charge in [-0.25, -0.2) is 4.98 Å². The molecular formula is C10H11N3O2. The van der Waals surface area contributed by atoms with Crippen LogP contribution in [0.25, 0.3) is 11.0 Å². The van der Waals surface area contributed by atoms with Gasteiger partial charge in [-0.15, -0.1) is 0 Å². The van der Waals surface area contributed by atoms with Crippen LogP contribution in [0.5, 0.6) is 0 Å². The Bertz CT molecular complexity index is 490. The van der Waals surface area contributed by atoms with Crippen molar-refractivity contribution < 1.29 is 9.84 Å². The number of fused-ring (bicyclic) bond motifs is 1. The highest BCUT2D eigenvalue weighted by Gasteiger charge is 2.22. The van der Waals surface area contributed by atoms with E-state index in [9.17, 15) is 0 Å². The van der Waals surface area contributed by atoms with E-state index in [0.717, 1.165) is 24.2 Å². The summed E-state index contributed by atoms with van der Waals surface area (Å²) >= 11 is 0. The van der Waals surface area contributed by atoms with Crippen molar-refractivity contribution in [3.05, 3.63) is 24.0 Å². The highest BCUT2D eigenvalue weighted by molar-refractivity contribution is 5.74. The molecule has 5 nitrogen and oxygen atoms in total. The maximum absolute atomic E-state index is 8.96. The van der Waals surface area contributed by atoms with Gasteiger partial charge in [-0.1, -0.05) is 0 Å². The average molecular weight is 205 g/mol. The van der Waals surface area contributed by atoms with Gasteiger partial charge in [-0.05, 0) is 12.1 Å². The van der Waals surface area contributed by atoms with Gasteiger partial charge >= 0.3 is 0 Å². The van der Waals surface area contributed by atoms with Crippen LogP contribution in [0.3, 0.4) is 0 Å². The van der Waals surface area contributed by atoms with E-state index in [-0.39, 0.29) is 6.61 Å². The molecule has 2 aromatic rings. The van der Waals surface area contributed by atoms with E-state index < -0.39 is 0 Å². The first-order valence-electron chi connectivity index (χ1n) is 4.90. The number of hydrogen-bond acceptors (Lipinski definition) is 4. The van der Waals surface area contributed by atoms with Gasteiger partial charge in [0.1, 0.15) is 5.52 Å². The fourth-order valence-corrected chi connectivity index (χ4v) is 1.72. The Kier molecular flexibility index (Phi) is 1.93. The van der Waals surface area contributed by atoms with Crippen LogP contribution < -0.4 is 0 Å². The maximum atomic E-state index is 8.96. The number of nitrogens with zero attached hydrogens (tertiary/aromatic N) is 3. The normalized spacial score (nSPS) is 16.9. The van der Waals surface area contributed by atoms with Crippen LogP contribution in [0, 0.1) is 0 Å². The van der Waals surface area contributed by atoms with E-state index in [0.29, 0.717) is 11.7 Å². The molecule has 1 fully saturated rings. The maximum Gasteiger partial charge on any atom is 0.109 e. The molecular weight excluding hydrogens is 194 g/mol. The first kappa shape index (κ1) is 8.82. The highest BCUT2D eigenvalue weighted by Crippen LogP contribution is 2.22. The second-order valence-corrected chi connectivity index (χ2v) is 3.65. The average Bonchev–Trinajstić information content (AvgIpc) is 2.59. The van der Waals surface area contributed by atoms with Crippen molar-refractivity contribution >= 4 is 11.0 Å². The molecule has 1 N–H and O–H groups in total. The van der Waals surface area contributed by atoms with Crippen LogP contribution in [0.1, 0.15) is 11.7 Å². The zero-order valence-corrected chi connectivity index (χ0v) is 8.13. The van der Waals surface area contributed by atoms with E-state index in [1.807, 2.05) is 16.8 Å². The lowest BCUT2D eigenvalue weighted by Crippen LogP contribution is -2.31. The highest BCUT2D eigenvalue weighted by atomic mass is 16.5. The molecule has 2 aromatic heterocycles. The van der Waals surface area contributed by atoms with Crippen LogP contribution in [0.15, 0.2) is 18.3 Å². The molecule has 5 heteroatoms. The minimum atomic E-state index is -0.0341. The fraction of sp³-hybridized carbons (Fsp3) is 0.400. The number of rotatable bonds is 2. The molecule has 0 atom stereocenters. The number of ether oxygens (including phenoxy) is 1. The summed E-state index contributed by atoms with van der Waals surface area (Å²) in [5.41, 5.74) is 2.50. The number of hydrogen-bond donors (Lipinski definition) is 1. The molecule has 3 rings (SSSR count). The first-order chi connectivity index (χ1) is 7.38. The summed E-state index contributed by atoms with van der Waals surface area (Å²) in [6.07, 6.45) is 1.73. The zero-order valence-electron chi connectivity index (χ0n) is 8.13. The Morgan fingerprint density at radius 1 is 1.47 bits per heavy atom. The van der Waals surface area contributed by atoms with E-state index in [1.54, 1.807) is 6.20 Å². The molecule has 0 spiro atoms. The first-order valence-corrected chi connectivity index (χ1v) is 4.90. The van der Waals surface area contributed by atoms with Crippen LogP contribution >= 0.6 is 0 Å². The Hall–Kier alpha value is -1.46. The molecule has 0 bridgehead atoms. The number of aromatic nitrogens is 3. The Balaban J connectivity index is 2.09. The van der Waals surface area contributed by atoms with E-state index >= 15 is 0 Å². The predicted octanol–water partition coefficient (Wildman–Crippen LogP) is 0.495. The Morgan fingerprint density at radius 3 is 3.00 bits per heavy atom. The van der Waals surface area contributed by atoms with Crippen molar-refractivity contribution in [3.63, 3.8) is 0 Å². The minimum Gasteiger partial charge on any atom is -0.390 e. The van der Waals surface area contributed by atoms with Crippen molar-refractivity contribution in [3.8, 4) is 0 Å². The molecule has 0 unspecified atom stereocenters. The SMILES string of the molecule is OCc1ccc2c(cnn2C2COC2)n1. The fourth-order valence-electron chi connectivity index (χ4n) is 1.72. The van der Waals surface area contributed by atoms with Crippen molar-refractivity contribution in [2.24, 2.45) is 0 Å². The molecule has 0 aliphatic carbocycles. The molecule has 0 aromatic carbocycles. The van der Waals surface area contributed by atoms with E-state index in [1.165, 1.54) is 0 Å². The molecule has 78 valence electrons. The Labute approximate surface area is 86.3 Å². The van der Waals surface area contributed by atoms with Crippen LogP contribution in [0.4, 0.5) is 0 Å². The molecule has 1 aliphatic heterocycles. The summed E-state index contributed by atoms with van der Waals surface area (Å²) in [4.78, 5) is 4.28. The molecule has 0 saturated carbocycles. The monoisotopic (exact) mass is 205 g/mol. The summed E-state index contributed by atoms with van der Waals surface area (Å²) in [6, 6.07) is 4.10. The predicted molar refractivity (Wildman–Crippen MR) is 53.3 cm³/mol. The lowest BCUT2D eigenvalue weighted by molar-refractivity contribution is -0.0266. The number of aliphatic hydroxyl groups is 1. The second kappa shape index (κ2) is 3.29. The molecule has 15 heavy (non-hydrogen) atoms. The van der Waals surface area contributed by atoms with Gasteiger partial charge in [0.25, 0.3) is 0 Å². The van der Waals surface area contributed by atoms with Gasteiger partial charge in [-0.2, -0.15) is 5.10 Å². The van der Waals surface area contributed by atoms with Crippen LogP contribution in [0.2, 0.25) is 0 Å². The van der Waals surface area contributed by atoms with Crippen molar-refractivity contribution in [1.29, 1.82) is 0 Å². The molecule has 3 heterocycles. The third-order valence-corrected chi connectivity index (χ3v) is 2.64. The summed E-state index contributed by atoms with van der Waals surface area (Å²) < 4.78 is 7.07. The van der Waals surface area contributed by atoms with Gasteiger partial charge in [0.05, 0.1) is 43.3 Å². The van der Waals surface area contributed by atoms with Crippen molar-refractivity contribution in [2.45, 2.75) is 12.6 Å². The Morgan fingerprint density at radius 2 is 2.33 bits per heavy atom. The number of pyridine rings is 1. The lowest BCUT2D eigenvalue weighted by Gasteiger charge is -2.26. The van der Waals surface area contributed by atoms with Gasteiger partial charge < -0.3 is 9.84 Å². The second-order valence-electron chi connectivity index (χ2n) is 3.65. The van der Waals surface area contributed by atoms with E-state index in [4.69, 9.17) is 9.84 Å². The summed E-state index contributed by atoms with van der Waals surface area (Å²) in [5.74, 6) is 0. The van der Waals surface area contributed by atoms with Gasteiger partial charge in [0, 0.05) is 0 Å². The lowest BCUT2D eigenvalue weighted by atomic mass is 10.2. The standard InChI is InChI=1S/C10H11N3O2/c14-4-7-1-2-10-9(12-7)3-11-13(10)8-5-15-6-8/h1-3,8,14H,4-6H2. The third kappa shape index (κ3) is 1.32. The van der Waals surface area contributed by atoms with Gasteiger partial charge in [0.15, 0.2) is 0 Å². The van der Waals surface area contributed by atoms with Gasteiger partial charge in [-0.3, -0.25) is 4.68 Å². The van der Waals surface area contributed by atoms with Crippen LogP contribution in [-0.4, -0.2) is 33.1 Å². The minimum absolute atomic E-state index is 0.0341. The van der Waals surface area contributed by atoms with Crippen LogP contribution in [-0.2, 0) is 11.3 Å². The molecule has 0 radical (unpaired) electrons.